The zero-order valence-electron chi connectivity index (χ0n) is 12.6. The van der Waals surface area contributed by atoms with Gasteiger partial charge in [-0.05, 0) is 49.0 Å². The number of nitrogens with one attached hydrogen (secondary N) is 2. The number of thiocarbonyl (C=S) groups is 1. The van der Waals surface area contributed by atoms with Crippen LogP contribution in [0.3, 0.4) is 0 Å². The quantitative estimate of drug-likeness (QED) is 0.835. The average molecular weight is 320 g/mol. The van der Waals surface area contributed by atoms with Gasteiger partial charge in [-0.2, -0.15) is 0 Å². The van der Waals surface area contributed by atoms with Crippen LogP contribution >= 0.6 is 12.2 Å². The molecular formula is C16H17FN2O2S. The molecule has 0 aromatic heterocycles. The highest BCUT2D eigenvalue weighted by Gasteiger charge is 2.07. The Hall–Kier alpha value is -2.34. The van der Waals surface area contributed by atoms with E-state index in [1.807, 2.05) is 13.0 Å². The van der Waals surface area contributed by atoms with Gasteiger partial charge in [0.05, 0.1) is 14.2 Å². The van der Waals surface area contributed by atoms with E-state index in [1.54, 1.807) is 32.4 Å². The second kappa shape index (κ2) is 7.09. The van der Waals surface area contributed by atoms with E-state index in [-0.39, 0.29) is 5.82 Å². The van der Waals surface area contributed by atoms with Gasteiger partial charge in [-0.1, -0.05) is 6.07 Å². The summed E-state index contributed by atoms with van der Waals surface area (Å²) in [5, 5.41) is 6.36. The number of rotatable bonds is 4. The topological polar surface area (TPSA) is 42.5 Å². The number of halogens is 1. The van der Waals surface area contributed by atoms with Crippen molar-refractivity contribution in [3.8, 4) is 11.5 Å². The Morgan fingerprint density at radius 3 is 2.41 bits per heavy atom. The molecule has 0 aliphatic rings. The van der Waals surface area contributed by atoms with Crippen LogP contribution < -0.4 is 20.1 Å². The molecule has 0 saturated carbocycles. The molecule has 2 aromatic carbocycles. The zero-order chi connectivity index (χ0) is 16.1. The normalized spacial score (nSPS) is 10.0. The highest BCUT2D eigenvalue weighted by atomic mass is 32.1. The van der Waals surface area contributed by atoms with E-state index in [2.05, 4.69) is 10.6 Å². The molecule has 0 unspecified atom stereocenters. The predicted octanol–water partition coefficient (Wildman–Crippen LogP) is 3.96. The third-order valence-corrected chi connectivity index (χ3v) is 3.29. The summed E-state index contributed by atoms with van der Waals surface area (Å²) in [4.78, 5) is 0. The minimum atomic E-state index is -0.318. The fraction of sp³-hybridized carbons (Fsp3) is 0.188. The zero-order valence-corrected chi connectivity index (χ0v) is 13.4. The SMILES string of the molecule is COc1ccc(NC(=S)Nc2cc(F)ccc2C)cc1OC. The Labute approximate surface area is 134 Å². The van der Waals surface area contributed by atoms with Crippen molar-refractivity contribution in [1.29, 1.82) is 0 Å². The fourth-order valence-corrected chi connectivity index (χ4v) is 2.16. The molecule has 2 rings (SSSR count). The van der Waals surface area contributed by atoms with E-state index in [1.165, 1.54) is 12.1 Å². The van der Waals surface area contributed by atoms with Crippen molar-refractivity contribution in [2.75, 3.05) is 24.9 Å². The molecule has 6 heteroatoms. The lowest BCUT2D eigenvalue weighted by Crippen LogP contribution is -2.19. The maximum absolute atomic E-state index is 13.3. The Morgan fingerprint density at radius 2 is 1.73 bits per heavy atom. The van der Waals surface area contributed by atoms with Crippen LogP contribution in [0.15, 0.2) is 36.4 Å². The summed E-state index contributed by atoms with van der Waals surface area (Å²) in [5.74, 6) is 0.909. The Balaban J connectivity index is 2.10. The molecule has 2 N–H and O–H groups in total. The van der Waals surface area contributed by atoms with Crippen LogP contribution in [0.2, 0.25) is 0 Å². The van der Waals surface area contributed by atoms with Crippen molar-refractivity contribution in [2.45, 2.75) is 6.92 Å². The minimum Gasteiger partial charge on any atom is -0.493 e. The number of methoxy groups -OCH3 is 2. The second-order valence-electron chi connectivity index (χ2n) is 4.61. The number of anilines is 2. The molecule has 0 aliphatic heterocycles. The van der Waals surface area contributed by atoms with Gasteiger partial charge in [0.15, 0.2) is 16.6 Å². The van der Waals surface area contributed by atoms with Crippen LogP contribution in [0.1, 0.15) is 5.56 Å². The smallest absolute Gasteiger partial charge is 0.175 e. The number of hydrogen-bond donors (Lipinski definition) is 2. The van der Waals surface area contributed by atoms with E-state index in [4.69, 9.17) is 21.7 Å². The molecule has 0 heterocycles. The lowest BCUT2D eigenvalue weighted by atomic mass is 10.2. The first kappa shape index (κ1) is 16.0. The number of aryl methyl sites for hydroxylation is 1. The molecule has 2 aromatic rings. The van der Waals surface area contributed by atoms with E-state index >= 15 is 0 Å². The van der Waals surface area contributed by atoms with Crippen LogP contribution in [0.4, 0.5) is 15.8 Å². The van der Waals surface area contributed by atoms with Gasteiger partial charge in [-0.25, -0.2) is 4.39 Å². The third kappa shape index (κ3) is 3.85. The van der Waals surface area contributed by atoms with Crippen molar-refractivity contribution >= 4 is 28.7 Å². The summed E-state index contributed by atoms with van der Waals surface area (Å²) in [7, 11) is 3.14. The second-order valence-corrected chi connectivity index (χ2v) is 5.02. The van der Waals surface area contributed by atoms with Gasteiger partial charge < -0.3 is 20.1 Å². The predicted molar refractivity (Wildman–Crippen MR) is 90.5 cm³/mol. The first-order chi connectivity index (χ1) is 10.5. The Kier molecular flexibility index (Phi) is 5.16. The first-order valence-electron chi connectivity index (χ1n) is 6.59. The molecule has 22 heavy (non-hydrogen) atoms. The van der Waals surface area contributed by atoms with Gasteiger partial charge in [0.25, 0.3) is 0 Å². The van der Waals surface area contributed by atoms with Gasteiger partial charge in [0.2, 0.25) is 0 Å². The van der Waals surface area contributed by atoms with Gasteiger partial charge in [-0.15, -0.1) is 0 Å². The van der Waals surface area contributed by atoms with Crippen LogP contribution in [-0.4, -0.2) is 19.3 Å². The summed E-state index contributed by atoms with van der Waals surface area (Å²) < 4.78 is 23.7. The molecule has 0 aliphatic carbocycles. The highest BCUT2D eigenvalue weighted by Crippen LogP contribution is 2.29. The first-order valence-corrected chi connectivity index (χ1v) is 7.00. The number of hydrogen-bond acceptors (Lipinski definition) is 3. The van der Waals surface area contributed by atoms with Gasteiger partial charge in [0.1, 0.15) is 5.82 Å². The standard InChI is InChI=1S/C16H17FN2O2S/c1-10-4-5-11(17)8-13(10)19-16(22)18-12-6-7-14(20-2)15(9-12)21-3/h4-9H,1-3H3,(H2,18,19,22). The molecule has 0 fully saturated rings. The van der Waals surface area contributed by atoms with Crippen LogP contribution in [-0.2, 0) is 0 Å². The molecule has 0 spiro atoms. The maximum atomic E-state index is 13.3. The number of benzene rings is 2. The van der Waals surface area contributed by atoms with Crippen molar-refractivity contribution in [1.82, 2.24) is 0 Å². The van der Waals surface area contributed by atoms with Crippen molar-refractivity contribution in [3.05, 3.63) is 47.8 Å². The largest absolute Gasteiger partial charge is 0.493 e. The summed E-state index contributed by atoms with van der Waals surface area (Å²) in [5.41, 5.74) is 2.26. The molecule has 0 radical (unpaired) electrons. The van der Waals surface area contributed by atoms with Gasteiger partial charge in [0, 0.05) is 17.4 Å². The van der Waals surface area contributed by atoms with E-state index in [9.17, 15) is 4.39 Å². The third-order valence-electron chi connectivity index (χ3n) is 3.09. The summed E-state index contributed by atoms with van der Waals surface area (Å²) in [6, 6.07) is 9.86. The molecule has 0 bridgehead atoms. The summed E-state index contributed by atoms with van der Waals surface area (Å²) in [6.07, 6.45) is 0. The van der Waals surface area contributed by atoms with Crippen molar-refractivity contribution in [2.24, 2.45) is 0 Å². The minimum absolute atomic E-state index is 0.318. The Morgan fingerprint density at radius 1 is 1.00 bits per heavy atom. The van der Waals surface area contributed by atoms with Crippen molar-refractivity contribution in [3.63, 3.8) is 0 Å². The lowest BCUT2D eigenvalue weighted by Gasteiger charge is -2.14. The summed E-state index contributed by atoms with van der Waals surface area (Å²) >= 11 is 5.24. The van der Waals surface area contributed by atoms with Crippen molar-refractivity contribution < 1.29 is 13.9 Å². The molecule has 116 valence electrons. The molecule has 0 amide bonds. The van der Waals surface area contributed by atoms with Crippen LogP contribution in [0, 0.1) is 12.7 Å². The number of ether oxygens (including phenoxy) is 2. The average Bonchev–Trinajstić information content (AvgIpc) is 2.50. The van der Waals surface area contributed by atoms with E-state index in [0.717, 1.165) is 11.3 Å². The van der Waals surface area contributed by atoms with Crippen LogP contribution in [0.25, 0.3) is 0 Å². The van der Waals surface area contributed by atoms with Gasteiger partial charge >= 0.3 is 0 Å². The molecule has 0 atom stereocenters. The summed E-state index contributed by atoms with van der Waals surface area (Å²) in [6.45, 7) is 1.88. The highest BCUT2D eigenvalue weighted by molar-refractivity contribution is 7.80. The molecule has 0 saturated heterocycles. The monoisotopic (exact) mass is 320 g/mol. The van der Waals surface area contributed by atoms with Crippen LogP contribution in [0.5, 0.6) is 11.5 Å². The molecular weight excluding hydrogens is 303 g/mol. The van der Waals surface area contributed by atoms with E-state index < -0.39 is 0 Å². The Bertz CT molecular complexity index is 692. The maximum Gasteiger partial charge on any atom is 0.175 e. The molecule has 4 nitrogen and oxygen atoms in total. The fourth-order valence-electron chi connectivity index (χ4n) is 1.93. The van der Waals surface area contributed by atoms with Gasteiger partial charge in [-0.3, -0.25) is 0 Å². The lowest BCUT2D eigenvalue weighted by molar-refractivity contribution is 0.355. The van der Waals surface area contributed by atoms with E-state index in [0.29, 0.717) is 22.3 Å².